The van der Waals surface area contributed by atoms with Crippen molar-refractivity contribution in [1.82, 2.24) is 19.5 Å². The second kappa shape index (κ2) is 6.81. The van der Waals surface area contributed by atoms with Crippen LogP contribution in [0.25, 0.3) is 11.2 Å². The summed E-state index contributed by atoms with van der Waals surface area (Å²) < 4.78 is 7.15. The minimum absolute atomic E-state index is 0.315. The first-order valence-corrected chi connectivity index (χ1v) is 9.32. The van der Waals surface area contributed by atoms with Crippen LogP contribution in [0.2, 0.25) is 0 Å². The smallest absolute Gasteiger partial charge is 0.166 e. The van der Waals surface area contributed by atoms with Gasteiger partial charge in [-0.3, -0.25) is 0 Å². The molecule has 1 saturated carbocycles. The van der Waals surface area contributed by atoms with E-state index in [-0.39, 0.29) is 0 Å². The third-order valence-corrected chi connectivity index (χ3v) is 5.39. The maximum Gasteiger partial charge on any atom is 0.166 e. The Morgan fingerprint density at radius 2 is 2.07 bits per heavy atom. The Hall–Kier alpha value is -2.67. The lowest BCUT2D eigenvalue weighted by atomic mass is 9.78. The summed E-state index contributed by atoms with van der Waals surface area (Å²) in [6.07, 6.45) is 5.12. The molecule has 27 heavy (non-hydrogen) atoms. The molecule has 0 saturated heterocycles. The van der Waals surface area contributed by atoms with Crippen LogP contribution in [-0.4, -0.2) is 31.7 Å². The van der Waals surface area contributed by atoms with E-state index in [0.717, 1.165) is 24.2 Å². The van der Waals surface area contributed by atoms with Crippen molar-refractivity contribution in [2.24, 2.45) is 5.92 Å². The number of aliphatic hydroxyl groups is 1. The molecule has 0 bridgehead atoms. The van der Waals surface area contributed by atoms with Crippen LogP contribution in [0, 0.1) is 5.92 Å². The minimum atomic E-state index is -1.02. The van der Waals surface area contributed by atoms with Gasteiger partial charge < -0.3 is 20.1 Å². The van der Waals surface area contributed by atoms with Gasteiger partial charge in [0.25, 0.3) is 0 Å². The van der Waals surface area contributed by atoms with E-state index in [2.05, 4.69) is 16.9 Å². The number of hydrogen-bond acceptors (Lipinski definition) is 6. The highest BCUT2D eigenvalue weighted by Gasteiger charge is 2.37. The molecular weight excluding hydrogens is 342 g/mol. The lowest BCUT2D eigenvalue weighted by Crippen LogP contribution is -2.34. The van der Waals surface area contributed by atoms with Gasteiger partial charge in [-0.15, -0.1) is 0 Å². The number of benzene rings is 1. The van der Waals surface area contributed by atoms with Crippen molar-refractivity contribution in [3.8, 4) is 5.75 Å². The van der Waals surface area contributed by atoms with Crippen LogP contribution in [0.5, 0.6) is 5.75 Å². The molecule has 2 aromatic heterocycles. The van der Waals surface area contributed by atoms with Gasteiger partial charge >= 0.3 is 0 Å². The van der Waals surface area contributed by atoms with E-state index in [1.54, 1.807) is 13.4 Å². The fourth-order valence-electron chi connectivity index (χ4n) is 3.94. The Bertz CT molecular complexity index is 953. The van der Waals surface area contributed by atoms with E-state index in [1.807, 2.05) is 28.8 Å². The Kier molecular flexibility index (Phi) is 4.47. The number of methoxy groups -OCH3 is 1. The second-order valence-electron chi connectivity index (χ2n) is 7.56. The van der Waals surface area contributed by atoms with Gasteiger partial charge in [-0.25, -0.2) is 15.0 Å². The first-order chi connectivity index (χ1) is 13.0. The van der Waals surface area contributed by atoms with Gasteiger partial charge in [0.05, 0.1) is 20.0 Å². The third kappa shape index (κ3) is 3.35. The van der Waals surface area contributed by atoms with Crippen LogP contribution < -0.4 is 10.5 Å². The summed E-state index contributed by atoms with van der Waals surface area (Å²) in [4.78, 5) is 13.5. The topological polar surface area (TPSA) is 99.1 Å². The summed E-state index contributed by atoms with van der Waals surface area (Å²) in [7, 11) is 1.65. The van der Waals surface area contributed by atoms with Crippen molar-refractivity contribution in [1.29, 1.82) is 0 Å². The molecule has 2 heterocycles. The van der Waals surface area contributed by atoms with E-state index in [1.165, 1.54) is 0 Å². The summed E-state index contributed by atoms with van der Waals surface area (Å²) in [6, 6.07) is 7.86. The molecule has 3 aromatic rings. The van der Waals surface area contributed by atoms with Crippen LogP contribution >= 0.6 is 0 Å². The summed E-state index contributed by atoms with van der Waals surface area (Å²) in [5.41, 5.74) is 7.45. The normalized spacial score (nSPS) is 22.9. The van der Waals surface area contributed by atoms with Crippen molar-refractivity contribution in [3.05, 3.63) is 42.0 Å². The highest BCUT2D eigenvalue weighted by Crippen LogP contribution is 2.39. The zero-order valence-electron chi connectivity index (χ0n) is 15.7. The van der Waals surface area contributed by atoms with Gasteiger partial charge in [-0.05, 0) is 42.9 Å². The van der Waals surface area contributed by atoms with Crippen molar-refractivity contribution < 1.29 is 9.84 Å². The lowest BCUT2D eigenvalue weighted by Gasteiger charge is -2.34. The Labute approximate surface area is 158 Å². The second-order valence-corrected chi connectivity index (χ2v) is 7.56. The number of fused-ring (bicyclic) bond motifs is 1. The van der Waals surface area contributed by atoms with Crippen molar-refractivity contribution >= 4 is 17.0 Å². The van der Waals surface area contributed by atoms with Crippen LogP contribution in [0.3, 0.4) is 0 Å². The quantitative estimate of drug-likeness (QED) is 0.736. The summed E-state index contributed by atoms with van der Waals surface area (Å²) in [5.74, 6) is 1.98. The zero-order valence-corrected chi connectivity index (χ0v) is 15.7. The van der Waals surface area contributed by atoms with E-state index in [4.69, 9.17) is 15.5 Å². The van der Waals surface area contributed by atoms with Crippen molar-refractivity contribution in [2.45, 2.75) is 44.8 Å². The predicted molar refractivity (Wildman–Crippen MR) is 103 cm³/mol. The van der Waals surface area contributed by atoms with Crippen molar-refractivity contribution in [3.63, 3.8) is 0 Å². The van der Waals surface area contributed by atoms with E-state index in [0.29, 0.717) is 48.1 Å². The minimum Gasteiger partial charge on any atom is -0.497 e. The summed E-state index contributed by atoms with van der Waals surface area (Å²) >= 11 is 0. The van der Waals surface area contributed by atoms with E-state index >= 15 is 0 Å². The molecule has 1 fully saturated rings. The standard InChI is InChI=1S/C20H25N5O2/c1-13-4-3-9-20(26,10-13)19-23-17(21)16-18(24-19)25(12-22-16)11-14-5-7-15(27-2)8-6-14/h5-8,12-13,26H,3-4,9-11H2,1-2H3,(H2,21,23,24)/t13-,20+/m1/s1. The average molecular weight is 367 g/mol. The Balaban J connectivity index is 1.71. The number of anilines is 1. The van der Waals surface area contributed by atoms with Gasteiger partial charge in [0.2, 0.25) is 0 Å². The molecule has 3 N–H and O–H groups in total. The van der Waals surface area contributed by atoms with Gasteiger partial charge in [0.15, 0.2) is 17.3 Å². The molecule has 142 valence electrons. The molecule has 1 aromatic carbocycles. The average Bonchev–Trinajstić information content (AvgIpc) is 3.06. The molecule has 7 heteroatoms. The Morgan fingerprint density at radius 3 is 2.78 bits per heavy atom. The summed E-state index contributed by atoms with van der Waals surface area (Å²) in [6.45, 7) is 2.76. The Morgan fingerprint density at radius 1 is 1.30 bits per heavy atom. The molecule has 0 spiro atoms. The molecule has 4 rings (SSSR count). The highest BCUT2D eigenvalue weighted by atomic mass is 16.5. The number of ether oxygens (including phenoxy) is 1. The number of aromatic nitrogens is 4. The molecule has 0 amide bonds. The van der Waals surface area contributed by atoms with Gasteiger partial charge in [0, 0.05) is 0 Å². The first-order valence-electron chi connectivity index (χ1n) is 9.32. The SMILES string of the molecule is COc1ccc(Cn2cnc3c(N)nc([C@]4(O)CCC[C@@H](C)C4)nc32)cc1. The van der Waals surface area contributed by atoms with Crippen LogP contribution in [0.4, 0.5) is 5.82 Å². The van der Waals surface area contributed by atoms with Crippen LogP contribution in [-0.2, 0) is 12.1 Å². The number of rotatable bonds is 4. The number of nitrogens with two attached hydrogens (primary N) is 1. The highest BCUT2D eigenvalue weighted by molar-refractivity contribution is 5.81. The third-order valence-electron chi connectivity index (χ3n) is 5.39. The van der Waals surface area contributed by atoms with Gasteiger partial charge in [-0.1, -0.05) is 25.5 Å². The molecule has 1 aliphatic rings. The number of nitrogen functional groups attached to an aromatic ring is 1. The van der Waals surface area contributed by atoms with E-state index < -0.39 is 5.60 Å². The predicted octanol–water partition coefficient (Wildman–Crippen LogP) is 2.86. The van der Waals surface area contributed by atoms with Crippen molar-refractivity contribution in [2.75, 3.05) is 12.8 Å². The molecule has 0 unspecified atom stereocenters. The largest absolute Gasteiger partial charge is 0.497 e. The molecule has 1 aliphatic carbocycles. The van der Waals surface area contributed by atoms with Crippen LogP contribution in [0.1, 0.15) is 44.0 Å². The van der Waals surface area contributed by atoms with E-state index in [9.17, 15) is 5.11 Å². The monoisotopic (exact) mass is 367 g/mol. The first kappa shape index (κ1) is 17.7. The summed E-state index contributed by atoms with van der Waals surface area (Å²) in [5, 5.41) is 11.1. The lowest BCUT2D eigenvalue weighted by molar-refractivity contribution is -0.0252. The maximum absolute atomic E-state index is 11.1. The molecule has 0 aliphatic heterocycles. The molecule has 2 atom stereocenters. The molecular formula is C20H25N5O2. The fraction of sp³-hybridized carbons (Fsp3) is 0.450. The zero-order chi connectivity index (χ0) is 19.0. The maximum atomic E-state index is 11.1. The number of imidazole rings is 1. The van der Waals surface area contributed by atoms with Crippen LogP contribution in [0.15, 0.2) is 30.6 Å². The van der Waals surface area contributed by atoms with Gasteiger partial charge in [-0.2, -0.15) is 0 Å². The number of nitrogens with zero attached hydrogens (tertiary/aromatic N) is 4. The van der Waals surface area contributed by atoms with Gasteiger partial charge in [0.1, 0.15) is 16.9 Å². The fourth-order valence-corrected chi connectivity index (χ4v) is 3.94. The number of hydrogen-bond donors (Lipinski definition) is 2. The molecule has 7 nitrogen and oxygen atoms in total. The molecule has 0 radical (unpaired) electrons.